The Kier molecular flexibility index (Phi) is 6.74. The van der Waals surface area contributed by atoms with Gasteiger partial charge in [-0.05, 0) is 39.8 Å². The molecule has 2 aromatic rings. The summed E-state index contributed by atoms with van der Waals surface area (Å²) in [5, 5.41) is 11.2. The molecular weight excluding hydrogens is 402 g/mol. The van der Waals surface area contributed by atoms with Crippen LogP contribution in [0.5, 0.6) is 0 Å². The van der Waals surface area contributed by atoms with Gasteiger partial charge in [0.05, 0.1) is 29.4 Å². The minimum Gasteiger partial charge on any atom is -0.454 e. The van der Waals surface area contributed by atoms with E-state index < -0.39 is 17.5 Å². The maximum Gasteiger partial charge on any atom is 0.340 e. The Morgan fingerprint density at radius 3 is 2.42 bits per heavy atom. The van der Waals surface area contributed by atoms with Gasteiger partial charge in [0.15, 0.2) is 6.61 Å². The van der Waals surface area contributed by atoms with Gasteiger partial charge in [-0.25, -0.2) is 4.79 Å². The normalized spacial score (nSPS) is 14.0. The number of anilines is 1. The van der Waals surface area contributed by atoms with Crippen LogP contribution in [0.4, 0.5) is 11.4 Å². The van der Waals surface area contributed by atoms with E-state index in [1.807, 2.05) is 37.2 Å². The molecule has 166 valence electrons. The number of rotatable bonds is 7. The topological polar surface area (TPSA) is 104 Å². The van der Waals surface area contributed by atoms with Crippen molar-refractivity contribution in [2.45, 2.75) is 33.7 Å². The summed E-state index contributed by atoms with van der Waals surface area (Å²) in [7, 11) is 0. The quantitative estimate of drug-likeness (QED) is 0.287. The van der Waals surface area contributed by atoms with E-state index in [9.17, 15) is 19.7 Å². The van der Waals surface area contributed by atoms with Crippen LogP contribution >= 0.6 is 0 Å². The fourth-order valence-corrected chi connectivity index (χ4v) is 4.02. The first-order valence-electron chi connectivity index (χ1n) is 10.2. The van der Waals surface area contributed by atoms with Crippen LogP contribution in [0.1, 0.15) is 52.0 Å². The van der Waals surface area contributed by atoms with Crippen molar-refractivity contribution < 1.29 is 24.0 Å². The number of hydrogen-bond acceptors (Lipinski definition) is 7. The lowest BCUT2D eigenvalue weighted by atomic mass is 10.1. The molecular formula is C22H27N3O6. The van der Waals surface area contributed by atoms with E-state index >= 15 is 0 Å². The summed E-state index contributed by atoms with van der Waals surface area (Å²) in [5.74, 6) is -1.08. The molecule has 0 amide bonds. The first-order chi connectivity index (χ1) is 14.7. The molecule has 1 saturated heterocycles. The molecule has 0 unspecified atom stereocenters. The Labute approximate surface area is 180 Å². The standard InChI is InChI=1S/C22H27N3O6/c1-14(2)24-15(3)11-18(16(24)4)21(26)13-31-22(27)19-12-17(25(28)29)5-6-20(19)23-7-9-30-10-8-23/h5-6,11-12,14H,7-10,13H2,1-4H3. The third-order valence-corrected chi connectivity index (χ3v) is 5.40. The van der Waals surface area contributed by atoms with E-state index in [2.05, 4.69) is 0 Å². The van der Waals surface area contributed by atoms with Gasteiger partial charge in [-0.15, -0.1) is 0 Å². The predicted octanol–water partition coefficient (Wildman–Crippen LogP) is 3.47. The van der Waals surface area contributed by atoms with Gasteiger partial charge in [-0.2, -0.15) is 0 Å². The first kappa shape index (κ1) is 22.5. The van der Waals surface area contributed by atoms with Crippen LogP contribution < -0.4 is 4.90 Å². The van der Waals surface area contributed by atoms with Crippen molar-refractivity contribution in [3.8, 4) is 0 Å². The van der Waals surface area contributed by atoms with E-state index in [4.69, 9.17) is 9.47 Å². The number of aromatic nitrogens is 1. The zero-order valence-corrected chi connectivity index (χ0v) is 18.2. The van der Waals surface area contributed by atoms with Crippen LogP contribution in [0, 0.1) is 24.0 Å². The van der Waals surface area contributed by atoms with Crippen LogP contribution in [0.25, 0.3) is 0 Å². The Hall–Kier alpha value is -3.20. The molecule has 2 heterocycles. The monoisotopic (exact) mass is 429 g/mol. The number of aryl methyl sites for hydroxylation is 1. The van der Waals surface area contributed by atoms with Crippen molar-refractivity contribution in [3.63, 3.8) is 0 Å². The minimum atomic E-state index is -0.767. The Morgan fingerprint density at radius 1 is 1.16 bits per heavy atom. The van der Waals surface area contributed by atoms with Crippen molar-refractivity contribution in [1.82, 2.24) is 4.57 Å². The number of ketones is 1. The fourth-order valence-electron chi connectivity index (χ4n) is 4.02. The highest BCUT2D eigenvalue weighted by Gasteiger charge is 2.24. The predicted molar refractivity (Wildman–Crippen MR) is 115 cm³/mol. The number of carbonyl (C=O) groups is 2. The fraction of sp³-hybridized carbons (Fsp3) is 0.455. The summed E-state index contributed by atoms with van der Waals surface area (Å²) in [6.45, 7) is 9.51. The number of benzene rings is 1. The van der Waals surface area contributed by atoms with Gasteiger partial charge < -0.3 is 18.9 Å². The van der Waals surface area contributed by atoms with Gasteiger partial charge in [0.2, 0.25) is 5.78 Å². The Morgan fingerprint density at radius 2 is 1.84 bits per heavy atom. The molecule has 9 heteroatoms. The third-order valence-electron chi connectivity index (χ3n) is 5.40. The van der Waals surface area contributed by atoms with E-state index in [1.165, 1.54) is 18.2 Å². The molecule has 0 saturated carbocycles. The summed E-state index contributed by atoms with van der Waals surface area (Å²) in [6.07, 6.45) is 0. The lowest BCUT2D eigenvalue weighted by Gasteiger charge is -2.30. The van der Waals surface area contributed by atoms with Crippen molar-refractivity contribution in [1.29, 1.82) is 0 Å². The second-order valence-electron chi connectivity index (χ2n) is 7.81. The summed E-state index contributed by atoms with van der Waals surface area (Å²) in [6, 6.07) is 6.08. The average molecular weight is 429 g/mol. The van der Waals surface area contributed by atoms with Crippen molar-refractivity contribution >= 4 is 23.1 Å². The zero-order chi connectivity index (χ0) is 22.7. The van der Waals surface area contributed by atoms with E-state index in [0.29, 0.717) is 37.6 Å². The van der Waals surface area contributed by atoms with E-state index in [1.54, 1.807) is 6.07 Å². The minimum absolute atomic E-state index is 0.0663. The van der Waals surface area contributed by atoms with Gasteiger partial charge in [0, 0.05) is 48.2 Å². The van der Waals surface area contributed by atoms with Gasteiger partial charge in [-0.1, -0.05) is 0 Å². The molecule has 1 aliphatic heterocycles. The highest BCUT2D eigenvalue weighted by atomic mass is 16.6. The SMILES string of the molecule is Cc1cc(C(=O)COC(=O)c2cc([N+](=O)[O-])ccc2N2CCOCC2)c(C)n1C(C)C. The summed E-state index contributed by atoms with van der Waals surface area (Å²) in [5.41, 5.74) is 2.66. The average Bonchev–Trinajstić information content (AvgIpc) is 3.06. The first-order valence-corrected chi connectivity index (χ1v) is 10.2. The molecule has 0 atom stereocenters. The van der Waals surface area contributed by atoms with Gasteiger partial charge in [0.1, 0.15) is 0 Å². The largest absolute Gasteiger partial charge is 0.454 e. The Bertz CT molecular complexity index is 1000. The maximum absolute atomic E-state index is 12.8. The van der Waals surface area contributed by atoms with E-state index in [-0.39, 0.29) is 23.1 Å². The summed E-state index contributed by atoms with van der Waals surface area (Å²) >= 11 is 0. The van der Waals surface area contributed by atoms with Crippen molar-refractivity contribution in [2.75, 3.05) is 37.8 Å². The molecule has 3 rings (SSSR count). The highest BCUT2D eigenvalue weighted by molar-refractivity contribution is 6.02. The molecule has 1 aromatic carbocycles. The summed E-state index contributed by atoms with van der Waals surface area (Å²) < 4.78 is 12.7. The molecule has 0 bridgehead atoms. The van der Waals surface area contributed by atoms with Crippen LogP contribution in [0.3, 0.4) is 0 Å². The van der Waals surface area contributed by atoms with Gasteiger partial charge in [-0.3, -0.25) is 14.9 Å². The highest BCUT2D eigenvalue weighted by Crippen LogP contribution is 2.27. The Balaban J connectivity index is 1.81. The third kappa shape index (κ3) is 4.77. The second kappa shape index (κ2) is 9.30. The van der Waals surface area contributed by atoms with Crippen LogP contribution in [0.2, 0.25) is 0 Å². The van der Waals surface area contributed by atoms with Gasteiger partial charge >= 0.3 is 5.97 Å². The molecule has 1 aromatic heterocycles. The number of hydrogen-bond donors (Lipinski definition) is 0. The van der Waals surface area contributed by atoms with Gasteiger partial charge in [0.25, 0.3) is 5.69 Å². The molecule has 9 nitrogen and oxygen atoms in total. The van der Waals surface area contributed by atoms with Crippen molar-refractivity contribution in [2.24, 2.45) is 0 Å². The number of carbonyl (C=O) groups excluding carboxylic acids is 2. The number of nitro groups is 1. The van der Waals surface area contributed by atoms with Crippen LogP contribution in [-0.2, 0) is 9.47 Å². The molecule has 0 spiro atoms. The molecule has 0 aliphatic carbocycles. The number of non-ortho nitro benzene ring substituents is 1. The van der Waals surface area contributed by atoms with E-state index in [0.717, 1.165) is 11.4 Å². The molecule has 31 heavy (non-hydrogen) atoms. The lowest BCUT2D eigenvalue weighted by Crippen LogP contribution is -2.37. The number of nitrogens with zero attached hydrogens (tertiary/aromatic N) is 3. The second-order valence-corrected chi connectivity index (χ2v) is 7.81. The number of nitro benzene ring substituents is 1. The molecule has 1 aliphatic rings. The maximum atomic E-state index is 12.8. The number of Topliss-reactive ketones (excluding diaryl/α,β-unsaturated/α-hetero) is 1. The number of ether oxygens (including phenoxy) is 2. The van der Waals surface area contributed by atoms with Crippen molar-refractivity contribution in [3.05, 3.63) is 56.9 Å². The zero-order valence-electron chi connectivity index (χ0n) is 18.2. The summed E-state index contributed by atoms with van der Waals surface area (Å²) in [4.78, 5) is 38.1. The van der Waals surface area contributed by atoms with Crippen LogP contribution in [0.15, 0.2) is 24.3 Å². The lowest BCUT2D eigenvalue weighted by molar-refractivity contribution is -0.384. The smallest absolute Gasteiger partial charge is 0.340 e. The number of morpholine rings is 1. The van der Waals surface area contributed by atoms with Crippen LogP contribution in [-0.4, -0.2) is 54.2 Å². The number of esters is 1. The molecule has 1 fully saturated rings. The molecule has 0 radical (unpaired) electrons. The molecule has 0 N–H and O–H groups in total.